The molecule has 0 aromatic rings. The largest absolute Gasteiger partial charge is 0.479 e. The Kier molecular flexibility index (Phi) is 7.69. The van der Waals surface area contributed by atoms with Crippen molar-refractivity contribution < 1.29 is 44.6 Å². The topological polar surface area (TPSA) is 154 Å². The standard InChI is InChI=1S/C26H39ClO9/c1-24(17(29)11-27)8-6-14-13(10-24)4-5-15-25(14,2)9-7-16(28)26(15,3)12-35-23-20(32)18(30)19(31)21(36-23)22(33)34/h4,14-15,17-21,23,29-32H,5-12H2,1-3H3,(H,33,34)/t14-,15+,17-,18+,19-,20-,21-,23+,24-,25+,26+/m0/s1. The van der Waals surface area contributed by atoms with Gasteiger partial charge in [0, 0.05) is 12.3 Å². The number of ether oxygens (including phenoxy) is 2. The van der Waals surface area contributed by atoms with Crippen LogP contribution < -0.4 is 0 Å². The Morgan fingerprint density at radius 3 is 2.53 bits per heavy atom. The van der Waals surface area contributed by atoms with Crippen LogP contribution in [0.3, 0.4) is 0 Å². The van der Waals surface area contributed by atoms with Crippen molar-refractivity contribution in [2.75, 3.05) is 12.5 Å². The molecule has 3 aliphatic carbocycles. The number of fused-ring (bicyclic) bond motifs is 3. The Balaban J connectivity index is 1.55. The van der Waals surface area contributed by atoms with Crippen LogP contribution in [-0.2, 0) is 19.1 Å². The fourth-order valence-corrected chi connectivity index (χ4v) is 7.75. The van der Waals surface area contributed by atoms with Gasteiger partial charge in [-0.25, -0.2) is 4.79 Å². The predicted molar refractivity (Wildman–Crippen MR) is 129 cm³/mol. The molecule has 4 rings (SSSR count). The quantitative estimate of drug-likeness (QED) is 0.254. The van der Waals surface area contributed by atoms with Crippen molar-refractivity contribution >= 4 is 23.4 Å². The van der Waals surface area contributed by atoms with E-state index in [1.54, 1.807) is 0 Å². The Morgan fingerprint density at radius 2 is 1.89 bits per heavy atom. The van der Waals surface area contributed by atoms with E-state index in [1.165, 1.54) is 5.57 Å². The molecule has 9 nitrogen and oxygen atoms in total. The predicted octanol–water partition coefficient (Wildman–Crippen LogP) is 1.62. The summed E-state index contributed by atoms with van der Waals surface area (Å²) in [5.41, 5.74) is -0.0371. The summed E-state index contributed by atoms with van der Waals surface area (Å²) in [7, 11) is 0. The zero-order valence-electron chi connectivity index (χ0n) is 21.1. The number of hydrogen-bond donors (Lipinski definition) is 5. The second-order valence-electron chi connectivity index (χ2n) is 12.1. The van der Waals surface area contributed by atoms with Gasteiger partial charge in [-0.3, -0.25) is 4.79 Å². The lowest BCUT2D eigenvalue weighted by atomic mass is 9.45. The number of carboxylic acid groups (broad SMARTS) is 1. The number of halogens is 1. The first kappa shape index (κ1) is 28.0. The molecule has 1 heterocycles. The average Bonchev–Trinajstić information content (AvgIpc) is 2.83. The molecule has 0 spiro atoms. The first-order chi connectivity index (χ1) is 16.8. The lowest BCUT2D eigenvalue weighted by Crippen LogP contribution is -2.61. The number of Topliss-reactive ketones (excluding diaryl/α,β-unsaturated/α-hetero) is 1. The van der Waals surface area contributed by atoms with E-state index in [9.17, 15) is 35.1 Å². The van der Waals surface area contributed by atoms with Gasteiger partial charge in [0.05, 0.1) is 18.1 Å². The first-order valence-corrected chi connectivity index (χ1v) is 13.3. The minimum atomic E-state index is -1.80. The van der Waals surface area contributed by atoms with Gasteiger partial charge in [0.15, 0.2) is 12.4 Å². The minimum absolute atomic E-state index is 0.0423. The van der Waals surface area contributed by atoms with E-state index in [0.29, 0.717) is 12.8 Å². The normalized spacial score (nSPS) is 47.9. The molecule has 204 valence electrons. The number of aliphatic carboxylic acids is 1. The van der Waals surface area contributed by atoms with Crippen molar-refractivity contribution in [1.82, 2.24) is 0 Å². The molecule has 1 saturated heterocycles. The van der Waals surface area contributed by atoms with E-state index < -0.39 is 48.2 Å². The fraction of sp³-hybridized carbons (Fsp3) is 0.846. The van der Waals surface area contributed by atoms with Crippen molar-refractivity contribution in [1.29, 1.82) is 0 Å². The van der Waals surface area contributed by atoms with Crippen LogP contribution in [0.2, 0.25) is 0 Å². The average molecular weight is 531 g/mol. The number of carboxylic acids is 1. The zero-order valence-corrected chi connectivity index (χ0v) is 21.9. The van der Waals surface area contributed by atoms with Crippen molar-refractivity contribution in [3.05, 3.63) is 11.6 Å². The Hall–Kier alpha value is -1.07. The summed E-state index contributed by atoms with van der Waals surface area (Å²) < 4.78 is 11.1. The first-order valence-electron chi connectivity index (χ1n) is 12.8. The highest BCUT2D eigenvalue weighted by molar-refractivity contribution is 6.18. The third-order valence-electron chi connectivity index (χ3n) is 9.88. The lowest BCUT2D eigenvalue weighted by molar-refractivity contribution is -0.300. The van der Waals surface area contributed by atoms with Crippen molar-refractivity contribution in [3.8, 4) is 0 Å². The number of hydrogen-bond acceptors (Lipinski definition) is 8. The van der Waals surface area contributed by atoms with E-state index in [4.69, 9.17) is 21.1 Å². The second kappa shape index (κ2) is 9.91. The maximum Gasteiger partial charge on any atom is 0.335 e. The number of aliphatic hydroxyl groups is 4. The van der Waals surface area contributed by atoms with Gasteiger partial charge in [-0.1, -0.05) is 32.4 Å². The molecule has 10 heteroatoms. The van der Waals surface area contributed by atoms with Crippen LogP contribution in [0.4, 0.5) is 0 Å². The SMILES string of the molecule is C[C@]1([C@@H](O)CCl)CC[C@H]2C(=CC[C@@H]3[C@]2(C)CCC(=O)[C@]3(C)CO[C@@H]2O[C@H](C(=O)O)[C@@H](O)[C@@H](O)[C@@H]2O)C1. The Labute approximate surface area is 216 Å². The van der Waals surface area contributed by atoms with Gasteiger partial charge in [-0.15, -0.1) is 11.6 Å². The maximum absolute atomic E-state index is 13.3. The molecule has 1 aliphatic heterocycles. The summed E-state index contributed by atoms with van der Waals surface area (Å²) in [6.45, 7) is 6.06. The van der Waals surface area contributed by atoms with Crippen LogP contribution in [0, 0.1) is 28.1 Å². The lowest BCUT2D eigenvalue weighted by Gasteiger charge is -2.59. The summed E-state index contributed by atoms with van der Waals surface area (Å²) in [6, 6.07) is 0. The summed E-state index contributed by atoms with van der Waals surface area (Å²) in [5, 5.41) is 50.3. The van der Waals surface area contributed by atoms with Crippen LogP contribution in [0.1, 0.15) is 59.3 Å². The van der Waals surface area contributed by atoms with E-state index in [0.717, 1.165) is 25.7 Å². The summed E-state index contributed by atoms with van der Waals surface area (Å²) >= 11 is 5.98. The third-order valence-corrected chi connectivity index (χ3v) is 10.2. The van der Waals surface area contributed by atoms with Gasteiger partial charge in [0.1, 0.15) is 24.1 Å². The van der Waals surface area contributed by atoms with Gasteiger partial charge in [-0.05, 0) is 54.8 Å². The molecule has 2 saturated carbocycles. The fourth-order valence-electron chi connectivity index (χ4n) is 7.38. The second-order valence-corrected chi connectivity index (χ2v) is 12.4. The van der Waals surface area contributed by atoms with Gasteiger partial charge >= 0.3 is 5.97 Å². The Morgan fingerprint density at radius 1 is 1.19 bits per heavy atom. The molecule has 11 atom stereocenters. The van der Waals surface area contributed by atoms with Gasteiger partial charge in [0.2, 0.25) is 0 Å². The molecule has 0 radical (unpaired) electrons. The highest BCUT2D eigenvalue weighted by Gasteiger charge is 2.59. The van der Waals surface area contributed by atoms with Crippen molar-refractivity contribution in [3.63, 3.8) is 0 Å². The van der Waals surface area contributed by atoms with Crippen molar-refractivity contribution in [2.24, 2.45) is 28.1 Å². The molecule has 3 fully saturated rings. The summed E-state index contributed by atoms with van der Waals surface area (Å²) in [4.78, 5) is 24.8. The third kappa shape index (κ3) is 4.44. The molecule has 0 amide bonds. The van der Waals surface area contributed by atoms with Gasteiger partial charge in [-0.2, -0.15) is 0 Å². The van der Waals surface area contributed by atoms with Crippen molar-refractivity contribution in [2.45, 2.75) is 96.1 Å². The number of allylic oxidation sites excluding steroid dienone is 2. The van der Waals surface area contributed by atoms with E-state index >= 15 is 0 Å². The summed E-state index contributed by atoms with van der Waals surface area (Å²) in [5.74, 6) is -1.02. The number of aliphatic hydroxyl groups excluding tert-OH is 4. The zero-order chi connectivity index (χ0) is 26.6. The van der Waals surface area contributed by atoms with Gasteiger partial charge < -0.3 is 35.0 Å². The molecule has 0 aromatic heterocycles. The Bertz CT molecular complexity index is 910. The number of rotatable bonds is 6. The van der Waals surface area contributed by atoms with E-state index in [1.807, 2.05) is 6.92 Å². The maximum atomic E-state index is 13.3. The number of carbonyl (C=O) groups excluding carboxylic acids is 1. The minimum Gasteiger partial charge on any atom is -0.479 e. The number of carbonyl (C=O) groups is 2. The molecule has 0 aromatic carbocycles. The molecule has 5 N–H and O–H groups in total. The molecule has 0 unspecified atom stereocenters. The smallest absolute Gasteiger partial charge is 0.335 e. The van der Waals surface area contributed by atoms with Gasteiger partial charge in [0.25, 0.3) is 0 Å². The van der Waals surface area contributed by atoms with Crippen LogP contribution in [-0.4, -0.2) is 86.6 Å². The number of alkyl halides is 1. The molecular formula is C26H39ClO9. The van der Waals surface area contributed by atoms with Crippen LogP contribution in [0.25, 0.3) is 0 Å². The number of ketones is 1. The molecular weight excluding hydrogens is 492 g/mol. The van der Waals surface area contributed by atoms with E-state index in [2.05, 4.69) is 19.9 Å². The monoisotopic (exact) mass is 530 g/mol. The molecule has 4 aliphatic rings. The molecule has 0 bridgehead atoms. The highest BCUT2D eigenvalue weighted by atomic mass is 35.5. The highest BCUT2D eigenvalue weighted by Crippen LogP contribution is 2.63. The van der Waals surface area contributed by atoms with Crippen LogP contribution in [0.5, 0.6) is 0 Å². The van der Waals surface area contributed by atoms with Crippen LogP contribution in [0.15, 0.2) is 11.6 Å². The van der Waals surface area contributed by atoms with Crippen LogP contribution >= 0.6 is 11.6 Å². The summed E-state index contributed by atoms with van der Waals surface area (Å²) in [6.07, 6.45) is -2.56. The molecule has 36 heavy (non-hydrogen) atoms. The van der Waals surface area contributed by atoms with E-state index in [-0.39, 0.29) is 40.9 Å².